The molecule has 3 aliphatic rings. The van der Waals surface area contributed by atoms with E-state index in [9.17, 15) is 10.1 Å². The minimum Gasteiger partial charge on any atom is -0.332 e. The number of nitrogens with one attached hydrogen (secondary N) is 2. The molecule has 10 heteroatoms. The molecule has 2 N–H and O–H groups in total. The van der Waals surface area contributed by atoms with Crippen molar-refractivity contribution >= 4 is 57.3 Å². The van der Waals surface area contributed by atoms with Crippen molar-refractivity contribution in [3.05, 3.63) is 119 Å². The number of amides is 1. The van der Waals surface area contributed by atoms with Gasteiger partial charge in [-0.1, -0.05) is 78.5 Å². The van der Waals surface area contributed by atoms with Crippen LogP contribution in [0.4, 0.5) is 11.4 Å². The summed E-state index contributed by atoms with van der Waals surface area (Å²) in [6.45, 7) is 1.84. The number of para-hydroxylation sites is 2. The van der Waals surface area contributed by atoms with E-state index in [4.69, 9.17) is 17.2 Å². The zero-order chi connectivity index (χ0) is 27.6. The summed E-state index contributed by atoms with van der Waals surface area (Å²) in [5.41, 5.74) is 4.08. The lowest BCUT2D eigenvalue weighted by molar-refractivity contribution is -0.119. The van der Waals surface area contributed by atoms with Crippen LogP contribution in [-0.4, -0.2) is 26.8 Å². The first-order chi connectivity index (χ1) is 19.5. The Morgan fingerprint density at radius 1 is 0.975 bits per heavy atom. The summed E-state index contributed by atoms with van der Waals surface area (Å²) >= 11 is 7.09. The highest BCUT2D eigenvalue weighted by Gasteiger charge is 2.45. The topological polar surface area (TPSA) is 96.1 Å². The second-order valence-electron chi connectivity index (χ2n) is 9.20. The van der Waals surface area contributed by atoms with Crippen LogP contribution >= 0.6 is 24.0 Å². The van der Waals surface area contributed by atoms with Crippen LogP contribution < -0.4 is 15.6 Å². The van der Waals surface area contributed by atoms with Crippen LogP contribution in [0.25, 0.3) is 0 Å². The molecule has 0 saturated carbocycles. The molecule has 40 heavy (non-hydrogen) atoms. The van der Waals surface area contributed by atoms with Crippen LogP contribution in [0, 0.1) is 17.2 Å². The molecule has 0 radical (unpaired) electrons. The fourth-order valence-electron chi connectivity index (χ4n) is 4.83. The van der Waals surface area contributed by atoms with Gasteiger partial charge >= 0.3 is 0 Å². The summed E-state index contributed by atoms with van der Waals surface area (Å²) in [5.74, 6) is -0.365. The van der Waals surface area contributed by atoms with E-state index in [1.54, 1.807) is 0 Å². The molecule has 6 rings (SSSR count). The molecule has 0 fully saturated rings. The third kappa shape index (κ3) is 4.66. The molecule has 3 heterocycles. The zero-order valence-corrected chi connectivity index (χ0v) is 23.0. The van der Waals surface area contributed by atoms with Gasteiger partial charge in [-0.25, -0.2) is 4.99 Å². The number of carbonyl (C=O) groups excluding carboxylic acids is 1. The van der Waals surface area contributed by atoms with Crippen molar-refractivity contribution in [1.29, 1.82) is 5.26 Å². The quantitative estimate of drug-likeness (QED) is 0.383. The van der Waals surface area contributed by atoms with Gasteiger partial charge in [0.2, 0.25) is 0 Å². The molecule has 3 aromatic carbocycles. The minimum atomic E-state index is -0.652. The van der Waals surface area contributed by atoms with Gasteiger partial charge in [-0.05, 0) is 49.0 Å². The summed E-state index contributed by atoms with van der Waals surface area (Å²) in [6.07, 6.45) is 0. The van der Waals surface area contributed by atoms with Crippen LogP contribution in [0.5, 0.6) is 0 Å². The van der Waals surface area contributed by atoms with Crippen LogP contribution in [0.2, 0.25) is 0 Å². The Balaban J connectivity index is 1.38. The molecule has 0 spiro atoms. The molecular formula is C30H23N7OS2. The van der Waals surface area contributed by atoms with Gasteiger partial charge in [0.15, 0.2) is 10.3 Å². The molecule has 2 unspecified atom stereocenters. The van der Waals surface area contributed by atoms with Gasteiger partial charge in [0.05, 0.1) is 22.7 Å². The Labute approximate surface area is 241 Å². The van der Waals surface area contributed by atoms with Crippen LogP contribution in [0.15, 0.2) is 124 Å². The van der Waals surface area contributed by atoms with Gasteiger partial charge in [-0.15, -0.1) is 0 Å². The van der Waals surface area contributed by atoms with E-state index in [0.717, 1.165) is 11.3 Å². The smallest absolute Gasteiger partial charge is 0.262 e. The Hall–Kier alpha value is -4.72. The van der Waals surface area contributed by atoms with Crippen LogP contribution in [0.3, 0.4) is 0 Å². The highest BCUT2D eigenvalue weighted by atomic mass is 32.2. The molecule has 2 atom stereocenters. The second kappa shape index (κ2) is 10.8. The molecule has 0 bridgehead atoms. The highest BCUT2D eigenvalue weighted by molar-refractivity contribution is 8.16. The number of rotatable bonds is 5. The number of fused-ring (bicyclic) bond motifs is 1. The maximum absolute atomic E-state index is 13.7. The first-order valence-electron chi connectivity index (χ1n) is 12.6. The monoisotopic (exact) mass is 561 g/mol. The van der Waals surface area contributed by atoms with E-state index in [0.29, 0.717) is 38.8 Å². The van der Waals surface area contributed by atoms with Crippen molar-refractivity contribution in [2.45, 2.75) is 13.0 Å². The molecule has 0 aliphatic carbocycles. The standard InChI is InChI=1S/C30H23N7OS2/c1-19-25(28(38)37(35-19)22-15-9-4-10-16-22)24-18-40-30-33-26(20-11-5-2-6-12-20)23(17-31)27(36(24)30)34-29(39)32-21-13-7-3-8-14-21/h2-16,18,25-26H,1H3,(H2,32,34,39). The number of thiocarbonyl (C=S) groups is 1. The molecule has 0 aromatic heterocycles. The largest absolute Gasteiger partial charge is 0.332 e. The fourth-order valence-corrected chi connectivity index (χ4v) is 5.98. The van der Waals surface area contributed by atoms with Gasteiger partial charge in [-0.3, -0.25) is 9.69 Å². The van der Waals surface area contributed by atoms with E-state index in [1.165, 1.54) is 16.8 Å². The number of benzene rings is 3. The van der Waals surface area contributed by atoms with Crippen molar-refractivity contribution < 1.29 is 4.79 Å². The molecule has 3 aliphatic heterocycles. The highest BCUT2D eigenvalue weighted by Crippen LogP contribution is 2.44. The van der Waals surface area contributed by atoms with Crippen molar-refractivity contribution in [3.8, 4) is 6.07 Å². The zero-order valence-electron chi connectivity index (χ0n) is 21.4. The van der Waals surface area contributed by atoms with Gasteiger partial charge in [0.1, 0.15) is 23.8 Å². The maximum atomic E-state index is 13.7. The summed E-state index contributed by atoms with van der Waals surface area (Å²) < 4.78 is 0. The number of anilines is 2. The number of amidine groups is 1. The Kier molecular flexibility index (Phi) is 6.90. The lowest BCUT2D eigenvalue weighted by Gasteiger charge is -2.34. The number of thioether (sulfide) groups is 1. The van der Waals surface area contributed by atoms with Gasteiger partial charge in [-0.2, -0.15) is 15.4 Å². The lowest BCUT2D eigenvalue weighted by Crippen LogP contribution is -2.44. The van der Waals surface area contributed by atoms with E-state index < -0.39 is 12.0 Å². The molecular weight excluding hydrogens is 539 g/mol. The number of carbonyl (C=O) groups is 1. The average molecular weight is 562 g/mol. The molecule has 3 aromatic rings. The van der Waals surface area contributed by atoms with Crippen molar-refractivity contribution in [3.63, 3.8) is 0 Å². The normalized spacial score (nSPS) is 19.9. The van der Waals surface area contributed by atoms with Gasteiger partial charge in [0.25, 0.3) is 5.91 Å². The summed E-state index contributed by atoms with van der Waals surface area (Å²) in [7, 11) is 0. The predicted molar refractivity (Wildman–Crippen MR) is 163 cm³/mol. The number of hydrazone groups is 1. The number of nitriles is 1. The predicted octanol–water partition coefficient (Wildman–Crippen LogP) is 5.75. The Morgan fingerprint density at radius 3 is 2.30 bits per heavy atom. The first-order valence-corrected chi connectivity index (χ1v) is 13.8. The fraction of sp³-hybridized carbons (Fsp3) is 0.100. The lowest BCUT2D eigenvalue weighted by atomic mass is 9.96. The van der Waals surface area contributed by atoms with Gasteiger partial charge in [0, 0.05) is 11.1 Å². The number of aliphatic imine (C=N–C) groups is 1. The average Bonchev–Trinajstić information content (AvgIpc) is 3.53. The van der Waals surface area contributed by atoms with Crippen molar-refractivity contribution in [2.75, 3.05) is 10.3 Å². The van der Waals surface area contributed by atoms with Crippen LogP contribution in [-0.2, 0) is 4.79 Å². The van der Waals surface area contributed by atoms with E-state index in [1.807, 2.05) is 108 Å². The van der Waals surface area contributed by atoms with Crippen molar-refractivity contribution in [1.82, 2.24) is 10.2 Å². The SMILES string of the molecule is CC1=NN(c2ccccc2)C(=O)C1C1=CSC2=NC(c3ccccc3)C(C#N)=C(NC(=S)Nc3ccccc3)N12. The van der Waals surface area contributed by atoms with Crippen LogP contribution in [0.1, 0.15) is 18.5 Å². The maximum Gasteiger partial charge on any atom is 0.262 e. The Morgan fingerprint density at radius 2 is 1.62 bits per heavy atom. The summed E-state index contributed by atoms with van der Waals surface area (Å²) in [6, 6.07) is 30.4. The first kappa shape index (κ1) is 25.6. The molecule has 0 saturated heterocycles. The number of hydrogen-bond acceptors (Lipinski definition) is 7. The second-order valence-corrected chi connectivity index (χ2v) is 10.4. The molecule has 1 amide bonds. The Bertz CT molecular complexity index is 1640. The van der Waals surface area contributed by atoms with Crippen molar-refractivity contribution in [2.24, 2.45) is 16.0 Å². The van der Waals surface area contributed by atoms with E-state index in [-0.39, 0.29) is 5.91 Å². The molecule has 8 nitrogen and oxygen atoms in total. The van der Waals surface area contributed by atoms with E-state index >= 15 is 0 Å². The number of nitrogens with zero attached hydrogens (tertiary/aromatic N) is 5. The van der Waals surface area contributed by atoms with Gasteiger partial charge < -0.3 is 10.6 Å². The summed E-state index contributed by atoms with van der Waals surface area (Å²) in [5, 5.41) is 25.8. The number of hydrogen-bond donors (Lipinski definition) is 2. The molecule has 196 valence electrons. The third-order valence-corrected chi connectivity index (χ3v) is 7.72. The summed E-state index contributed by atoms with van der Waals surface area (Å²) in [4.78, 5) is 20.5. The van der Waals surface area contributed by atoms with E-state index in [2.05, 4.69) is 21.8 Å². The minimum absolute atomic E-state index is 0.176. The third-order valence-electron chi connectivity index (χ3n) is 6.65.